The summed E-state index contributed by atoms with van der Waals surface area (Å²) in [6.07, 6.45) is 2.46. The Bertz CT molecular complexity index is 291. The highest BCUT2D eigenvalue weighted by Gasteiger charge is 2.46. The molecule has 0 spiro atoms. The number of aliphatic imine (C=N–C) groups is 2. The first kappa shape index (κ1) is 8.33. The van der Waals surface area contributed by atoms with Crippen molar-refractivity contribution in [2.45, 2.75) is 12.1 Å². The Balaban J connectivity index is 2.68. The number of hydrogen-bond donors (Lipinski definition) is 0. The van der Waals surface area contributed by atoms with Crippen LogP contribution in [0, 0.1) is 0 Å². The summed E-state index contributed by atoms with van der Waals surface area (Å²) in [7, 11) is 0. The van der Waals surface area contributed by atoms with Crippen LogP contribution in [0.1, 0.15) is 6.42 Å². The van der Waals surface area contributed by atoms with Gasteiger partial charge in [0.1, 0.15) is 13.0 Å². The fourth-order valence-electron chi connectivity index (χ4n) is 0.854. The molecule has 0 aromatic rings. The average molecular weight is 168 g/mol. The predicted molar refractivity (Wildman–Crippen MR) is 34.6 cm³/mol. The van der Waals surface area contributed by atoms with Crippen LogP contribution in [0.5, 0.6) is 0 Å². The molecule has 1 saturated heterocycles. The first-order valence-corrected chi connectivity index (χ1v) is 3.07. The van der Waals surface area contributed by atoms with Crippen molar-refractivity contribution in [2.24, 2.45) is 9.98 Å². The van der Waals surface area contributed by atoms with Crippen molar-refractivity contribution >= 4 is 18.1 Å². The molecule has 12 heavy (non-hydrogen) atoms. The second-order valence-electron chi connectivity index (χ2n) is 2.21. The second-order valence-corrected chi connectivity index (χ2v) is 2.21. The molecule has 6 heteroatoms. The zero-order valence-electron chi connectivity index (χ0n) is 5.94. The van der Waals surface area contributed by atoms with E-state index in [-0.39, 0.29) is 13.0 Å². The highest BCUT2D eigenvalue weighted by molar-refractivity contribution is 5.77. The van der Waals surface area contributed by atoms with Crippen LogP contribution < -0.4 is 0 Å². The van der Waals surface area contributed by atoms with Crippen molar-refractivity contribution in [1.29, 1.82) is 0 Å². The number of cyclic esters (lactones) is 1. The van der Waals surface area contributed by atoms with E-state index >= 15 is 0 Å². The summed E-state index contributed by atoms with van der Waals surface area (Å²) in [6, 6.07) is 0. The van der Waals surface area contributed by atoms with E-state index in [0.29, 0.717) is 0 Å². The third-order valence-electron chi connectivity index (χ3n) is 1.36. The van der Waals surface area contributed by atoms with Gasteiger partial charge in [-0.25, -0.2) is 9.59 Å². The lowest BCUT2D eigenvalue weighted by atomic mass is 10.1. The molecule has 0 aliphatic carbocycles. The van der Waals surface area contributed by atoms with Crippen LogP contribution in [0.4, 0.5) is 0 Å². The number of nitrogens with zero attached hydrogens (tertiary/aromatic N) is 2. The van der Waals surface area contributed by atoms with Crippen LogP contribution in [0.15, 0.2) is 9.98 Å². The molecule has 0 aromatic carbocycles. The Morgan fingerprint density at radius 1 is 1.50 bits per heavy atom. The van der Waals surface area contributed by atoms with Gasteiger partial charge in [-0.15, -0.1) is 0 Å². The standard InChI is InChI=1S/C6H4N2O4/c9-3-7-2-6(8-4-10)1-5(11)12-6/h1-2H2. The van der Waals surface area contributed by atoms with Gasteiger partial charge in [-0.3, -0.25) is 4.79 Å². The van der Waals surface area contributed by atoms with Gasteiger partial charge >= 0.3 is 5.97 Å². The largest absolute Gasteiger partial charge is 0.433 e. The van der Waals surface area contributed by atoms with E-state index in [9.17, 15) is 14.4 Å². The van der Waals surface area contributed by atoms with Gasteiger partial charge in [0.25, 0.3) is 0 Å². The van der Waals surface area contributed by atoms with E-state index in [1.165, 1.54) is 12.2 Å². The predicted octanol–water partition coefficient (Wildman–Crippen LogP) is -0.699. The van der Waals surface area contributed by atoms with E-state index in [0.717, 1.165) is 0 Å². The summed E-state index contributed by atoms with van der Waals surface area (Å²) in [5.74, 6) is -0.477. The summed E-state index contributed by atoms with van der Waals surface area (Å²) >= 11 is 0. The van der Waals surface area contributed by atoms with Gasteiger partial charge in [-0.1, -0.05) is 0 Å². The maximum atomic E-state index is 10.4. The first-order valence-electron chi connectivity index (χ1n) is 3.07. The molecule has 62 valence electrons. The van der Waals surface area contributed by atoms with Crippen LogP contribution in [0.2, 0.25) is 0 Å². The van der Waals surface area contributed by atoms with Crippen LogP contribution in [0.25, 0.3) is 0 Å². The van der Waals surface area contributed by atoms with Crippen LogP contribution >= 0.6 is 0 Å². The van der Waals surface area contributed by atoms with Crippen LogP contribution in [-0.4, -0.2) is 30.4 Å². The fraction of sp³-hybridized carbons (Fsp3) is 0.500. The maximum absolute atomic E-state index is 10.4. The van der Waals surface area contributed by atoms with Gasteiger partial charge in [-0.05, 0) is 0 Å². The van der Waals surface area contributed by atoms with Crippen molar-refractivity contribution < 1.29 is 19.1 Å². The molecule has 1 fully saturated rings. The topological polar surface area (TPSA) is 85.2 Å². The number of hydrogen-bond acceptors (Lipinski definition) is 6. The minimum atomic E-state index is -1.28. The van der Waals surface area contributed by atoms with Crippen molar-refractivity contribution in [3.05, 3.63) is 0 Å². The summed E-state index contributed by atoms with van der Waals surface area (Å²) in [4.78, 5) is 36.4. The monoisotopic (exact) mass is 168 g/mol. The van der Waals surface area contributed by atoms with E-state index < -0.39 is 11.7 Å². The summed E-state index contributed by atoms with van der Waals surface area (Å²) < 4.78 is 4.53. The molecule has 1 rings (SSSR count). The minimum absolute atomic E-state index is 0.0482. The Hall–Kier alpha value is -1.77. The average Bonchev–Trinajstić information content (AvgIpc) is 1.98. The highest BCUT2D eigenvalue weighted by atomic mass is 16.6. The van der Waals surface area contributed by atoms with Gasteiger partial charge in [0.15, 0.2) is 0 Å². The molecule has 0 N–H and O–H groups in total. The minimum Gasteiger partial charge on any atom is -0.433 e. The molecule has 1 unspecified atom stereocenters. The lowest BCUT2D eigenvalue weighted by Crippen LogP contribution is -2.48. The van der Waals surface area contributed by atoms with Gasteiger partial charge in [0, 0.05) is 0 Å². The van der Waals surface area contributed by atoms with Crippen LogP contribution in [-0.2, 0) is 19.1 Å². The van der Waals surface area contributed by atoms with Gasteiger partial charge in [0.2, 0.25) is 17.9 Å². The molecule has 1 aliphatic rings. The normalized spacial score (nSPS) is 25.8. The SMILES string of the molecule is O=C=NCC1(N=C=O)CC(=O)O1. The second kappa shape index (κ2) is 3.09. The molecule has 0 aromatic heterocycles. The molecular weight excluding hydrogens is 164 g/mol. The highest BCUT2D eigenvalue weighted by Crippen LogP contribution is 2.28. The number of ether oxygens (including phenoxy) is 1. The van der Waals surface area contributed by atoms with E-state index in [2.05, 4.69) is 14.7 Å². The Kier molecular flexibility index (Phi) is 2.14. The fourth-order valence-corrected chi connectivity index (χ4v) is 0.854. The molecule has 0 bridgehead atoms. The van der Waals surface area contributed by atoms with Gasteiger partial charge in [-0.2, -0.15) is 9.98 Å². The molecular formula is C6H4N2O4. The number of carbonyl (C=O) groups is 1. The first-order chi connectivity index (χ1) is 5.72. The van der Waals surface area contributed by atoms with Crippen molar-refractivity contribution in [2.75, 3.05) is 6.54 Å². The quantitative estimate of drug-likeness (QED) is 0.317. The summed E-state index contributed by atoms with van der Waals surface area (Å²) in [5.41, 5.74) is -1.28. The summed E-state index contributed by atoms with van der Waals surface area (Å²) in [6.45, 7) is -0.169. The van der Waals surface area contributed by atoms with E-state index in [4.69, 9.17) is 0 Å². The zero-order chi connectivity index (χ0) is 9.03. The van der Waals surface area contributed by atoms with Crippen molar-refractivity contribution in [3.8, 4) is 0 Å². The van der Waals surface area contributed by atoms with Crippen LogP contribution in [0.3, 0.4) is 0 Å². The third kappa shape index (κ3) is 1.45. The lowest BCUT2D eigenvalue weighted by molar-refractivity contribution is -0.187. The lowest BCUT2D eigenvalue weighted by Gasteiger charge is -2.33. The van der Waals surface area contributed by atoms with Gasteiger partial charge in [0.05, 0.1) is 0 Å². The van der Waals surface area contributed by atoms with Crippen molar-refractivity contribution in [3.63, 3.8) is 0 Å². The molecule has 1 heterocycles. The molecule has 1 atom stereocenters. The van der Waals surface area contributed by atoms with E-state index in [1.807, 2.05) is 0 Å². The molecule has 1 aliphatic heterocycles. The van der Waals surface area contributed by atoms with E-state index in [1.54, 1.807) is 0 Å². The molecule has 0 amide bonds. The van der Waals surface area contributed by atoms with Crippen molar-refractivity contribution in [1.82, 2.24) is 0 Å². The summed E-state index contributed by atoms with van der Waals surface area (Å²) in [5, 5.41) is 0. The smallest absolute Gasteiger partial charge is 0.314 e. The Morgan fingerprint density at radius 2 is 2.17 bits per heavy atom. The molecule has 0 radical (unpaired) electrons. The number of isocyanates is 2. The Morgan fingerprint density at radius 3 is 2.58 bits per heavy atom. The maximum Gasteiger partial charge on any atom is 0.314 e. The molecule has 6 nitrogen and oxygen atoms in total. The Labute approximate surface area is 66.9 Å². The zero-order valence-corrected chi connectivity index (χ0v) is 5.94. The number of esters is 1. The number of carbonyl (C=O) groups excluding carboxylic acids is 3. The molecule has 0 saturated carbocycles. The number of rotatable bonds is 3. The van der Waals surface area contributed by atoms with Gasteiger partial charge < -0.3 is 4.74 Å². The third-order valence-corrected chi connectivity index (χ3v) is 1.36.